The van der Waals surface area contributed by atoms with Gasteiger partial charge in [0, 0.05) is 5.69 Å². The molecule has 0 bridgehead atoms. The number of hydrogen-bond acceptors (Lipinski definition) is 2. The highest BCUT2D eigenvalue weighted by molar-refractivity contribution is 5.93. The first kappa shape index (κ1) is 13.6. The van der Waals surface area contributed by atoms with Crippen LogP contribution in [0.4, 0.5) is 5.69 Å². The van der Waals surface area contributed by atoms with Crippen molar-refractivity contribution in [2.45, 2.75) is 0 Å². The van der Waals surface area contributed by atoms with Crippen LogP contribution in [0.1, 0.15) is 10.4 Å². The molecule has 0 fully saturated rings. The molecule has 3 N–H and O–H groups in total. The SMILES string of the molecule is Nc1ccccc1C(=O)O.c1ccc2ccccc2c1. The van der Waals surface area contributed by atoms with Crippen molar-refractivity contribution in [2.75, 3.05) is 5.73 Å². The van der Waals surface area contributed by atoms with E-state index in [9.17, 15) is 4.79 Å². The normalized spacial score (nSPS) is 9.60. The quantitative estimate of drug-likeness (QED) is 0.658. The third kappa shape index (κ3) is 3.36. The molecule has 0 saturated heterocycles. The minimum Gasteiger partial charge on any atom is -0.478 e. The minimum absolute atomic E-state index is 0.155. The van der Waals surface area contributed by atoms with Crippen molar-refractivity contribution in [1.29, 1.82) is 0 Å². The summed E-state index contributed by atoms with van der Waals surface area (Å²) in [5.41, 5.74) is 5.80. The molecule has 0 atom stereocenters. The molecule has 100 valence electrons. The zero-order chi connectivity index (χ0) is 14.4. The van der Waals surface area contributed by atoms with Crippen LogP contribution in [0.2, 0.25) is 0 Å². The summed E-state index contributed by atoms with van der Waals surface area (Å²) in [7, 11) is 0. The van der Waals surface area contributed by atoms with Gasteiger partial charge in [-0.25, -0.2) is 4.79 Å². The van der Waals surface area contributed by atoms with Crippen LogP contribution in [0.25, 0.3) is 10.8 Å². The van der Waals surface area contributed by atoms with Gasteiger partial charge in [-0.1, -0.05) is 60.7 Å². The van der Waals surface area contributed by atoms with Crippen LogP contribution in [-0.2, 0) is 0 Å². The van der Waals surface area contributed by atoms with Gasteiger partial charge in [0.25, 0.3) is 0 Å². The van der Waals surface area contributed by atoms with Crippen LogP contribution >= 0.6 is 0 Å². The smallest absolute Gasteiger partial charge is 0.337 e. The first-order chi connectivity index (χ1) is 9.68. The zero-order valence-electron chi connectivity index (χ0n) is 10.9. The number of hydrogen-bond donors (Lipinski definition) is 2. The third-order valence-electron chi connectivity index (χ3n) is 2.85. The van der Waals surface area contributed by atoms with Gasteiger partial charge in [-0.3, -0.25) is 0 Å². The minimum atomic E-state index is -0.988. The van der Waals surface area contributed by atoms with Gasteiger partial charge in [0.05, 0.1) is 5.56 Å². The number of carbonyl (C=O) groups is 1. The topological polar surface area (TPSA) is 63.3 Å². The summed E-state index contributed by atoms with van der Waals surface area (Å²) in [6, 6.07) is 23.1. The number of para-hydroxylation sites is 1. The number of nitrogen functional groups attached to an aromatic ring is 1. The lowest BCUT2D eigenvalue weighted by atomic mass is 10.1. The van der Waals surface area contributed by atoms with Crippen molar-refractivity contribution in [3.63, 3.8) is 0 Å². The van der Waals surface area contributed by atoms with Gasteiger partial charge in [0.1, 0.15) is 0 Å². The Hall–Kier alpha value is -2.81. The van der Waals surface area contributed by atoms with Crippen molar-refractivity contribution >= 4 is 22.4 Å². The molecule has 0 aliphatic rings. The average Bonchev–Trinajstić information content (AvgIpc) is 2.48. The van der Waals surface area contributed by atoms with Gasteiger partial charge in [0.2, 0.25) is 0 Å². The maximum absolute atomic E-state index is 10.3. The highest BCUT2D eigenvalue weighted by atomic mass is 16.4. The van der Waals surface area contributed by atoms with Crippen LogP contribution in [-0.4, -0.2) is 11.1 Å². The molecule has 0 aliphatic heterocycles. The second-order valence-electron chi connectivity index (χ2n) is 4.24. The molecule has 3 nitrogen and oxygen atoms in total. The Bertz CT molecular complexity index is 657. The molecule has 0 spiro atoms. The van der Waals surface area contributed by atoms with E-state index >= 15 is 0 Å². The van der Waals surface area contributed by atoms with E-state index in [0.717, 1.165) is 0 Å². The molecule has 3 heteroatoms. The molecule has 3 aromatic carbocycles. The predicted molar refractivity (Wildman–Crippen MR) is 81.8 cm³/mol. The number of fused-ring (bicyclic) bond motifs is 1. The van der Waals surface area contributed by atoms with Crippen LogP contribution in [0.15, 0.2) is 72.8 Å². The number of carboxylic acids is 1. The van der Waals surface area contributed by atoms with Crippen LogP contribution in [0.3, 0.4) is 0 Å². The fourth-order valence-corrected chi connectivity index (χ4v) is 1.82. The van der Waals surface area contributed by atoms with Gasteiger partial charge in [-0.05, 0) is 22.9 Å². The van der Waals surface area contributed by atoms with Crippen molar-refractivity contribution in [3.05, 3.63) is 78.4 Å². The van der Waals surface area contributed by atoms with Crippen LogP contribution < -0.4 is 5.73 Å². The number of benzene rings is 3. The molecule has 0 heterocycles. The Kier molecular flexibility index (Phi) is 4.35. The molecule has 0 amide bonds. The standard InChI is InChI=1S/C10H8.C7H7NO2/c1-2-6-10-8-4-3-7-9(10)5-1;8-6-4-2-1-3-5(6)7(9)10/h1-8H;1-4H,8H2,(H,9,10). The summed E-state index contributed by atoms with van der Waals surface area (Å²) in [4.78, 5) is 10.3. The zero-order valence-corrected chi connectivity index (χ0v) is 10.9. The number of rotatable bonds is 1. The van der Waals surface area contributed by atoms with Gasteiger partial charge in [0.15, 0.2) is 0 Å². The fourth-order valence-electron chi connectivity index (χ4n) is 1.82. The molecule has 0 aromatic heterocycles. The lowest BCUT2D eigenvalue weighted by Gasteiger charge is -1.96. The largest absolute Gasteiger partial charge is 0.478 e. The second-order valence-corrected chi connectivity index (χ2v) is 4.24. The molecule has 20 heavy (non-hydrogen) atoms. The van der Waals surface area contributed by atoms with Crippen molar-refractivity contribution < 1.29 is 9.90 Å². The molecule has 0 aliphatic carbocycles. The molecular formula is C17H15NO2. The van der Waals surface area contributed by atoms with E-state index in [4.69, 9.17) is 10.8 Å². The summed E-state index contributed by atoms with van der Waals surface area (Å²) in [6.45, 7) is 0. The van der Waals surface area contributed by atoms with Crippen molar-refractivity contribution in [1.82, 2.24) is 0 Å². The maximum atomic E-state index is 10.3. The van der Waals surface area contributed by atoms with Crippen molar-refractivity contribution in [2.24, 2.45) is 0 Å². The Labute approximate surface area is 117 Å². The molecule has 3 aromatic rings. The predicted octanol–water partition coefficient (Wildman–Crippen LogP) is 3.81. The maximum Gasteiger partial charge on any atom is 0.337 e. The summed E-state index contributed by atoms with van der Waals surface area (Å²) in [5, 5.41) is 11.1. The van der Waals surface area contributed by atoms with Gasteiger partial charge < -0.3 is 10.8 Å². The summed E-state index contributed by atoms with van der Waals surface area (Å²) in [6.07, 6.45) is 0. The number of carboxylic acid groups (broad SMARTS) is 1. The van der Waals surface area contributed by atoms with Gasteiger partial charge in [-0.2, -0.15) is 0 Å². The second kappa shape index (κ2) is 6.38. The van der Waals surface area contributed by atoms with E-state index in [1.807, 2.05) is 0 Å². The van der Waals surface area contributed by atoms with E-state index in [-0.39, 0.29) is 5.56 Å². The Morgan fingerprint density at radius 1 is 0.750 bits per heavy atom. The van der Waals surface area contributed by atoms with Crippen LogP contribution in [0, 0.1) is 0 Å². The number of aromatic carboxylic acids is 1. The van der Waals surface area contributed by atoms with Crippen molar-refractivity contribution in [3.8, 4) is 0 Å². The number of nitrogens with two attached hydrogens (primary N) is 1. The van der Waals surface area contributed by atoms with E-state index < -0.39 is 5.97 Å². The highest BCUT2D eigenvalue weighted by Gasteiger charge is 2.03. The molecule has 0 saturated carbocycles. The van der Waals surface area contributed by atoms with Gasteiger partial charge >= 0.3 is 5.97 Å². The fraction of sp³-hybridized carbons (Fsp3) is 0. The molecule has 0 radical (unpaired) electrons. The Morgan fingerprint density at radius 3 is 1.50 bits per heavy atom. The molecular weight excluding hydrogens is 250 g/mol. The number of anilines is 1. The van der Waals surface area contributed by atoms with Gasteiger partial charge in [-0.15, -0.1) is 0 Å². The highest BCUT2D eigenvalue weighted by Crippen LogP contribution is 2.11. The van der Waals surface area contributed by atoms with E-state index in [0.29, 0.717) is 5.69 Å². The Morgan fingerprint density at radius 2 is 1.15 bits per heavy atom. The van der Waals surface area contributed by atoms with E-state index in [2.05, 4.69) is 48.5 Å². The first-order valence-corrected chi connectivity index (χ1v) is 6.20. The van der Waals surface area contributed by atoms with E-state index in [1.165, 1.54) is 16.8 Å². The molecule has 0 unspecified atom stereocenters. The summed E-state index contributed by atoms with van der Waals surface area (Å²) < 4.78 is 0. The van der Waals surface area contributed by atoms with Crippen LogP contribution in [0.5, 0.6) is 0 Å². The third-order valence-corrected chi connectivity index (χ3v) is 2.85. The summed E-state index contributed by atoms with van der Waals surface area (Å²) in [5.74, 6) is -0.988. The lowest BCUT2D eigenvalue weighted by molar-refractivity contribution is 0.0698. The lowest BCUT2D eigenvalue weighted by Crippen LogP contribution is -2.00. The Balaban J connectivity index is 0.000000147. The molecule has 3 rings (SSSR count). The average molecular weight is 265 g/mol. The summed E-state index contributed by atoms with van der Waals surface area (Å²) >= 11 is 0. The first-order valence-electron chi connectivity index (χ1n) is 6.20. The van der Waals surface area contributed by atoms with E-state index in [1.54, 1.807) is 18.2 Å². The monoisotopic (exact) mass is 265 g/mol.